The van der Waals surface area contributed by atoms with Gasteiger partial charge >= 0.3 is 0 Å². The number of β-amino-alcohol motifs (C(OH)–C–C–N with tert-alkyl or cyclic N) is 1. The summed E-state index contributed by atoms with van der Waals surface area (Å²) in [4.78, 5) is 16.7. The van der Waals surface area contributed by atoms with Crippen molar-refractivity contribution in [2.24, 2.45) is 0 Å². The Balaban J connectivity index is 1.60. The topological polar surface area (TPSA) is 43.8 Å². The summed E-state index contributed by atoms with van der Waals surface area (Å²) in [5.41, 5.74) is 1.11. The number of carbonyl (C=O) groups is 1. The minimum absolute atomic E-state index is 0.173. The first-order valence-corrected chi connectivity index (χ1v) is 8.44. The fourth-order valence-electron chi connectivity index (χ4n) is 3.05. The van der Waals surface area contributed by atoms with Gasteiger partial charge in [-0.25, -0.2) is 0 Å². The average molecular weight is 323 g/mol. The van der Waals surface area contributed by atoms with E-state index in [1.807, 2.05) is 29.2 Å². The molecule has 5 heteroatoms. The van der Waals surface area contributed by atoms with Crippen LogP contribution in [0.2, 0.25) is 5.02 Å². The Hall–Kier alpha value is -1.10. The predicted octanol–water partition coefficient (Wildman–Crippen LogP) is 2.29. The fraction of sp³-hybridized carbons (Fsp3) is 0.588. The van der Waals surface area contributed by atoms with E-state index >= 15 is 0 Å². The van der Waals surface area contributed by atoms with Gasteiger partial charge in [-0.3, -0.25) is 9.69 Å². The van der Waals surface area contributed by atoms with E-state index in [2.05, 4.69) is 4.90 Å². The lowest BCUT2D eigenvalue weighted by Gasteiger charge is -2.32. The molecule has 2 fully saturated rings. The zero-order chi connectivity index (χ0) is 15.5. The highest BCUT2D eigenvalue weighted by Crippen LogP contribution is 2.29. The molecular formula is C17H23ClN2O2. The molecule has 1 saturated carbocycles. The molecule has 4 nitrogen and oxygen atoms in total. The standard InChI is InChI=1S/C17H23ClN2O2/c18-14-5-3-13(4-6-14)10-20(15-7-8-15)17(22)12-19-9-1-2-16(21)11-19/h3-6,15-16,21H,1-2,7-12H2/t16-/m0/s1. The third-order valence-corrected chi connectivity index (χ3v) is 4.67. The van der Waals surface area contributed by atoms with E-state index in [-0.39, 0.29) is 12.0 Å². The number of rotatable bonds is 5. The van der Waals surface area contributed by atoms with Crippen LogP contribution in [0, 0.1) is 0 Å². The summed E-state index contributed by atoms with van der Waals surface area (Å²) in [6.07, 6.45) is 3.73. The van der Waals surface area contributed by atoms with Crippen LogP contribution in [0.5, 0.6) is 0 Å². The van der Waals surface area contributed by atoms with Crippen LogP contribution in [-0.4, -0.2) is 52.6 Å². The SMILES string of the molecule is O=C(CN1CCC[C@H](O)C1)N(Cc1ccc(Cl)cc1)C1CC1. The Labute approximate surface area is 136 Å². The maximum atomic E-state index is 12.6. The van der Waals surface area contributed by atoms with Crippen LogP contribution in [-0.2, 0) is 11.3 Å². The van der Waals surface area contributed by atoms with E-state index in [0.717, 1.165) is 42.8 Å². The first-order valence-electron chi connectivity index (χ1n) is 8.06. The van der Waals surface area contributed by atoms with Gasteiger partial charge in [0.15, 0.2) is 0 Å². The molecule has 0 bridgehead atoms. The van der Waals surface area contributed by atoms with E-state index in [1.54, 1.807) is 0 Å². The Morgan fingerprint density at radius 3 is 2.64 bits per heavy atom. The second-order valence-electron chi connectivity index (χ2n) is 6.41. The Bertz CT molecular complexity index is 516. The lowest BCUT2D eigenvalue weighted by molar-refractivity contribution is -0.134. The number of amides is 1. The number of aliphatic hydroxyl groups excluding tert-OH is 1. The number of hydrogen-bond donors (Lipinski definition) is 1. The molecule has 120 valence electrons. The van der Waals surface area contributed by atoms with Crippen molar-refractivity contribution in [2.75, 3.05) is 19.6 Å². The van der Waals surface area contributed by atoms with Crippen LogP contribution in [0.4, 0.5) is 0 Å². The van der Waals surface area contributed by atoms with Gasteiger partial charge in [0.05, 0.1) is 12.6 Å². The van der Waals surface area contributed by atoms with Crippen LogP contribution in [0.15, 0.2) is 24.3 Å². The lowest BCUT2D eigenvalue weighted by Crippen LogP contribution is -2.46. The molecule has 1 heterocycles. The summed E-state index contributed by atoms with van der Waals surface area (Å²) >= 11 is 5.92. The lowest BCUT2D eigenvalue weighted by atomic mass is 10.1. The largest absolute Gasteiger partial charge is 0.392 e. The number of benzene rings is 1. The summed E-state index contributed by atoms with van der Waals surface area (Å²) in [6.45, 7) is 2.59. The van der Waals surface area contributed by atoms with Crippen molar-refractivity contribution in [3.05, 3.63) is 34.9 Å². The molecule has 0 aromatic heterocycles. The van der Waals surface area contributed by atoms with Crippen molar-refractivity contribution in [3.8, 4) is 0 Å². The molecule has 1 aromatic rings. The van der Waals surface area contributed by atoms with Gasteiger partial charge in [0.1, 0.15) is 0 Å². The maximum absolute atomic E-state index is 12.6. The first kappa shape index (κ1) is 15.8. The Kier molecular flexibility index (Phi) is 5.01. The van der Waals surface area contributed by atoms with Gasteiger partial charge in [-0.15, -0.1) is 0 Å². The van der Waals surface area contributed by atoms with E-state index in [0.29, 0.717) is 25.7 Å². The second kappa shape index (κ2) is 6.99. The summed E-state index contributed by atoms with van der Waals surface area (Å²) in [5.74, 6) is 0.173. The van der Waals surface area contributed by atoms with E-state index < -0.39 is 0 Å². The van der Waals surface area contributed by atoms with Gasteiger partial charge in [-0.1, -0.05) is 23.7 Å². The second-order valence-corrected chi connectivity index (χ2v) is 6.85. The average Bonchev–Trinajstić information content (AvgIpc) is 3.31. The third kappa shape index (κ3) is 4.22. The molecule has 1 aliphatic carbocycles. The van der Waals surface area contributed by atoms with Gasteiger partial charge in [-0.2, -0.15) is 0 Å². The number of likely N-dealkylation sites (tertiary alicyclic amines) is 1. The van der Waals surface area contributed by atoms with Crippen molar-refractivity contribution in [2.45, 2.75) is 44.4 Å². The normalized spacial score (nSPS) is 22.5. The van der Waals surface area contributed by atoms with Gasteiger partial charge in [0, 0.05) is 24.2 Å². The van der Waals surface area contributed by atoms with E-state index in [4.69, 9.17) is 11.6 Å². The highest BCUT2D eigenvalue weighted by Gasteiger charge is 2.33. The quantitative estimate of drug-likeness (QED) is 0.904. The number of halogens is 1. The Morgan fingerprint density at radius 1 is 1.27 bits per heavy atom. The summed E-state index contributed by atoms with van der Waals surface area (Å²) in [6, 6.07) is 8.09. The smallest absolute Gasteiger partial charge is 0.237 e. The van der Waals surface area contributed by atoms with Gasteiger partial charge in [-0.05, 0) is 49.9 Å². The van der Waals surface area contributed by atoms with E-state index in [1.165, 1.54) is 0 Å². The van der Waals surface area contributed by atoms with Crippen LogP contribution >= 0.6 is 11.6 Å². The zero-order valence-corrected chi connectivity index (χ0v) is 13.5. The molecule has 22 heavy (non-hydrogen) atoms. The highest BCUT2D eigenvalue weighted by atomic mass is 35.5. The number of piperidine rings is 1. The molecule has 3 rings (SSSR count). The molecule has 0 radical (unpaired) electrons. The molecule has 1 aliphatic heterocycles. The van der Waals surface area contributed by atoms with Gasteiger partial charge in [0.25, 0.3) is 0 Å². The molecule has 1 N–H and O–H groups in total. The Morgan fingerprint density at radius 2 is 2.00 bits per heavy atom. The van der Waals surface area contributed by atoms with Crippen molar-refractivity contribution >= 4 is 17.5 Å². The number of nitrogens with zero attached hydrogens (tertiary/aromatic N) is 2. The zero-order valence-electron chi connectivity index (χ0n) is 12.7. The molecule has 2 aliphatic rings. The fourth-order valence-corrected chi connectivity index (χ4v) is 3.18. The molecule has 0 spiro atoms. The monoisotopic (exact) mass is 322 g/mol. The summed E-state index contributed by atoms with van der Waals surface area (Å²) < 4.78 is 0. The van der Waals surface area contributed by atoms with Crippen LogP contribution < -0.4 is 0 Å². The predicted molar refractivity (Wildman–Crippen MR) is 86.7 cm³/mol. The number of aliphatic hydroxyl groups is 1. The highest BCUT2D eigenvalue weighted by molar-refractivity contribution is 6.30. The van der Waals surface area contributed by atoms with Crippen LogP contribution in [0.1, 0.15) is 31.2 Å². The van der Waals surface area contributed by atoms with Crippen molar-refractivity contribution in [1.82, 2.24) is 9.80 Å². The summed E-state index contributed by atoms with van der Waals surface area (Å²) in [7, 11) is 0. The molecule has 1 aromatic carbocycles. The van der Waals surface area contributed by atoms with Crippen molar-refractivity contribution < 1.29 is 9.90 Å². The van der Waals surface area contributed by atoms with Crippen LogP contribution in [0.25, 0.3) is 0 Å². The first-order chi connectivity index (χ1) is 10.6. The molecule has 1 atom stereocenters. The molecular weight excluding hydrogens is 300 g/mol. The number of carbonyl (C=O) groups excluding carboxylic acids is 1. The third-order valence-electron chi connectivity index (χ3n) is 4.41. The summed E-state index contributed by atoms with van der Waals surface area (Å²) in [5, 5.41) is 10.5. The molecule has 0 unspecified atom stereocenters. The minimum atomic E-state index is -0.285. The van der Waals surface area contributed by atoms with Crippen LogP contribution in [0.3, 0.4) is 0 Å². The van der Waals surface area contributed by atoms with Crippen molar-refractivity contribution in [3.63, 3.8) is 0 Å². The molecule has 1 amide bonds. The van der Waals surface area contributed by atoms with Gasteiger partial charge in [0.2, 0.25) is 5.91 Å². The van der Waals surface area contributed by atoms with Gasteiger partial charge < -0.3 is 10.0 Å². The molecule has 1 saturated heterocycles. The van der Waals surface area contributed by atoms with E-state index in [9.17, 15) is 9.90 Å². The maximum Gasteiger partial charge on any atom is 0.237 e. The van der Waals surface area contributed by atoms with Crippen molar-refractivity contribution in [1.29, 1.82) is 0 Å². The number of hydrogen-bond acceptors (Lipinski definition) is 3. The minimum Gasteiger partial charge on any atom is -0.392 e.